The molecular formula is C21H30ClN3O2. The monoisotopic (exact) mass is 391 g/mol. The quantitative estimate of drug-likeness (QED) is 0.828. The molecule has 3 rings (SSSR count). The summed E-state index contributed by atoms with van der Waals surface area (Å²) in [5, 5.41) is 3.92. The first-order chi connectivity index (χ1) is 12.8. The average Bonchev–Trinajstić information content (AvgIpc) is 2.60. The van der Waals surface area contributed by atoms with Gasteiger partial charge in [-0.2, -0.15) is 0 Å². The number of amides is 2. The molecule has 27 heavy (non-hydrogen) atoms. The van der Waals surface area contributed by atoms with Crippen molar-refractivity contribution in [2.24, 2.45) is 11.3 Å². The normalized spacial score (nSPS) is 18.9. The number of hydrogen-bond acceptors (Lipinski definition) is 3. The number of piperidine rings is 1. The fourth-order valence-corrected chi connectivity index (χ4v) is 4.79. The molecule has 0 radical (unpaired) electrons. The van der Waals surface area contributed by atoms with Gasteiger partial charge in [0.25, 0.3) is 5.91 Å². The first-order valence-corrected chi connectivity index (χ1v) is 10.2. The van der Waals surface area contributed by atoms with Crippen LogP contribution in [0.5, 0.6) is 0 Å². The Kier molecular flexibility index (Phi) is 5.99. The van der Waals surface area contributed by atoms with E-state index < -0.39 is 0 Å². The summed E-state index contributed by atoms with van der Waals surface area (Å²) in [4.78, 5) is 27.0. The molecule has 1 N–H and O–H groups in total. The van der Waals surface area contributed by atoms with Gasteiger partial charge in [0.05, 0.1) is 10.6 Å². The van der Waals surface area contributed by atoms with Crippen molar-refractivity contribution in [2.75, 3.05) is 39.0 Å². The molecule has 1 aliphatic heterocycles. The van der Waals surface area contributed by atoms with Crippen LogP contribution in [-0.4, -0.2) is 55.3 Å². The second-order valence-electron chi connectivity index (χ2n) is 8.39. The highest BCUT2D eigenvalue weighted by Crippen LogP contribution is 2.53. The Hall–Kier alpha value is -1.75. The van der Waals surface area contributed by atoms with E-state index in [1.807, 2.05) is 17.0 Å². The fraction of sp³-hybridized carbons (Fsp3) is 0.619. The van der Waals surface area contributed by atoms with Crippen molar-refractivity contribution in [3.63, 3.8) is 0 Å². The molecule has 1 saturated heterocycles. The van der Waals surface area contributed by atoms with Crippen LogP contribution in [0.3, 0.4) is 0 Å². The number of carbonyl (C=O) groups excluding carboxylic acids is 2. The minimum absolute atomic E-state index is 0.0814. The molecule has 148 valence electrons. The Morgan fingerprint density at radius 3 is 2.48 bits per heavy atom. The van der Waals surface area contributed by atoms with Gasteiger partial charge in [0.2, 0.25) is 5.91 Å². The van der Waals surface area contributed by atoms with Gasteiger partial charge in [-0.25, -0.2) is 0 Å². The van der Waals surface area contributed by atoms with Crippen LogP contribution < -0.4 is 5.32 Å². The van der Waals surface area contributed by atoms with Crippen LogP contribution in [0.4, 0.5) is 5.69 Å². The molecule has 6 heteroatoms. The average molecular weight is 392 g/mol. The topological polar surface area (TPSA) is 52.7 Å². The number of benzene rings is 1. The molecular weight excluding hydrogens is 362 g/mol. The zero-order valence-corrected chi connectivity index (χ0v) is 17.3. The maximum absolute atomic E-state index is 12.0. The van der Waals surface area contributed by atoms with E-state index in [1.54, 1.807) is 27.1 Å². The highest BCUT2D eigenvalue weighted by Gasteiger charge is 2.45. The fourth-order valence-electron chi connectivity index (χ4n) is 4.53. The van der Waals surface area contributed by atoms with Crippen molar-refractivity contribution >= 4 is 29.1 Å². The summed E-state index contributed by atoms with van der Waals surface area (Å²) in [6.45, 7) is 4.44. The predicted octanol–water partition coefficient (Wildman–Crippen LogP) is 3.88. The molecule has 2 amide bonds. The highest BCUT2D eigenvalue weighted by molar-refractivity contribution is 6.34. The maximum atomic E-state index is 12.0. The number of rotatable bonds is 5. The molecule has 1 saturated carbocycles. The van der Waals surface area contributed by atoms with Crippen LogP contribution in [-0.2, 0) is 4.79 Å². The van der Waals surface area contributed by atoms with Crippen molar-refractivity contribution in [3.05, 3.63) is 28.8 Å². The first-order valence-electron chi connectivity index (χ1n) is 9.80. The number of nitrogens with one attached hydrogen (secondary N) is 1. The summed E-state index contributed by atoms with van der Waals surface area (Å²) in [6.07, 6.45) is 6.05. The molecule has 1 spiro atoms. The van der Waals surface area contributed by atoms with E-state index in [1.165, 1.54) is 17.7 Å². The van der Waals surface area contributed by atoms with Gasteiger partial charge in [-0.1, -0.05) is 11.6 Å². The Morgan fingerprint density at radius 1 is 1.26 bits per heavy atom. The van der Waals surface area contributed by atoms with Gasteiger partial charge >= 0.3 is 0 Å². The third-order valence-corrected chi connectivity index (χ3v) is 6.51. The Labute approximate surface area is 167 Å². The lowest BCUT2D eigenvalue weighted by atomic mass is 9.57. The van der Waals surface area contributed by atoms with Crippen molar-refractivity contribution in [1.29, 1.82) is 0 Å². The molecule has 0 aromatic heterocycles. The predicted molar refractivity (Wildman–Crippen MR) is 109 cm³/mol. The highest BCUT2D eigenvalue weighted by atomic mass is 35.5. The molecule has 1 heterocycles. The molecule has 0 atom stereocenters. The van der Waals surface area contributed by atoms with Crippen LogP contribution in [0.2, 0.25) is 5.02 Å². The molecule has 5 nitrogen and oxygen atoms in total. The molecule has 2 fully saturated rings. The Morgan fingerprint density at radius 2 is 1.93 bits per heavy atom. The molecule has 0 bridgehead atoms. The number of anilines is 1. The molecule has 1 aromatic rings. The van der Waals surface area contributed by atoms with E-state index in [9.17, 15) is 9.59 Å². The zero-order valence-electron chi connectivity index (χ0n) is 16.6. The van der Waals surface area contributed by atoms with E-state index in [0.29, 0.717) is 16.0 Å². The third kappa shape index (κ3) is 4.57. The summed E-state index contributed by atoms with van der Waals surface area (Å²) in [6, 6.07) is 5.54. The third-order valence-electron chi connectivity index (χ3n) is 6.20. The van der Waals surface area contributed by atoms with Gasteiger partial charge in [0, 0.05) is 46.3 Å². The van der Waals surface area contributed by atoms with E-state index >= 15 is 0 Å². The van der Waals surface area contributed by atoms with Crippen molar-refractivity contribution in [3.8, 4) is 0 Å². The first kappa shape index (κ1) is 20.0. The van der Waals surface area contributed by atoms with Gasteiger partial charge in [-0.15, -0.1) is 0 Å². The summed E-state index contributed by atoms with van der Waals surface area (Å²) in [5.74, 6) is 0.899. The van der Waals surface area contributed by atoms with Crippen molar-refractivity contribution in [1.82, 2.24) is 9.80 Å². The van der Waals surface area contributed by atoms with Gasteiger partial charge in [-0.05, 0) is 61.6 Å². The lowest BCUT2D eigenvalue weighted by Gasteiger charge is -2.52. The van der Waals surface area contributed by atoms with E-state index in [-0.39, 0.29) is 11.8 Å². The van der Waals surface area contributed by atoms with Crippen LogP contribution in [0.1, 0.15) is 49.4 Å². The lowest BCUT2D eigenvalue weighted by Crippen LogP contribution is -2.48. The van der Waals surface area contributed by atoms with Gasteiger partial charge < -0.3 is 15.1 Å². The van der Waals surface area contributed by atoms with Crippen molar-refractivity contribution < 1.29 is 9.59 Å². The largest absolute Gasteiger partial charge is 0.385 e. The zero-order chi connectivity index (χ0) is 19.6. The SMILES string of the molecule is CC(=O)N1CCC2(CC1)CC(CCNc1ccc(C(=O)N(C)C)c(Cl)c1)C2. The standard InChI is InChI=1S/C21H30ClN3O2/c1-15(26)25-10-7-21(8-11-25)13-16(14-21)6-9-23-17-4-5-18(19(22)12-17)20(27)24(2)3/h4-5,12,16,23H,6-11,13-14H2,1-3H3. The molecule has 1 aliphatic carbocycles. The second-order valence-corrected chi connectivity index (χ2v) is 8.80. The molecule has 0 unspecified atom stereocenters. The molecule has 1 aromatic carbocycles. The van der Waals surface area contributed by atoms with Crippen molar-refractivity contribution in [2.45, 2.75) is 39.0 Å². The number of nitrogens with zero attached hydrogens (tertiary/aromatic N) is 2. The summed E-state index contributed by atoms with van der Waals surface area (Å²) >= 11 is 6.26. The summed E-state index contributed by atoms with van der Waals surface area (Å²) in [7, 11) is 3.44. The number of likely N-dealkylation sites (tertiary alicyclic amines) is 1. The van der Waals surface area contributed by atoms with Gasteiger partial charge in [0.1, 0.15) is 0 Å². The van der Waals surface area contributed by atoms with Crippen LogP contribution in [0, 0.1) is 11.3 Å². The molecule has 2 aliphatic rings. The minimum atomic E-state index is -0.0814. The van der Waals surface area contributed by atoms with Crippen LogP contribution in [0.15, 0.2) is 18.2 Å². The minimum Gasteiger partial charge on any atom is -0.385 e. The number of halogens is 1. The number of carbonyl (C=O) groups is 2. The summed E-state index contributed by atoms with van der Waals surface area (Å²) < 4.78 is 0. The Balaban J connectivity index is 1.41. The second kappa shape index (κ2) is 8.09. The maximum Gasteiger partial charge on any atom is 0.254 e. The lowest BCUT2D eigenvalue weighted by molar-refractivity contribution is -0.133. The van der Waals surface area contributed by atoms with E-state index in [4.69, 9.17) is 11.6 Å². The van der Waals surface area contributed by atoms with Gasteiger partial charge in [-0.3, -0.25) is 9.59 Å². The smallest absolute Gasteiger partial charge is 0.254 e. The summed E-state index contributed by atoms with van der Waals surface area (Å²) in [5.41, 5.74) is 1.98. The van der Waals surface area contributed by atoms with E-state index in [2.05, 4.69) is 5.32 Å². The van der Waals surface area contributed by atoms with Crippen LogP contribution >= 0.6 is 11.6 Å². The van der Waals surface area contributed by atoms with Crippen LogP contribution in [0.25, 0.3) is 0 Å². The van der Waals surface area contributed by atoms with E-state index in [0.717, 1.165) is 50.5 Å². The Bertz CT molecular complexity index is 703. The number of hydrogen-bond donors (Lipinski definition) is 1. The van der Waals surface area contributed by atoms with Gasteiger partial charge in [0.15, 0.2) is 0 Å².